The van der Waals surface area contributed by atoms with Gasteiger partial charge in [0.2, 0.25) is 0 Å². The highest BCUT2D eigenvalue weighted by Gasteiger charge is 2.24. The standard InChI is InChI=1S/C8H15ClNO2P/c1-3-6-10(7-4-2)13(11,12)8-5-9/h3-4H,1-2,5-8H2,(H,11,12). The lowest BCUT2D eigenvalue weighted by Crippen LogP contribution is -2.22. The Bertz CT molecular complexity index is 210. The first-order valence-electron chi connectivity index (χ1n) is 3.93. The molecule has 0 saturated carbocycles. The minimum Gasteiger partial charge on any atom is -0.333 e. The van der Waals surface area contributed by atoms with Gasteiger partial charge in [-0.1, -0.05) is 12.2 Å². The van der Waals surface area contributed by atoms with Crippen molar-refractivity contribution in [1.29, 1.82) is 0 Å². The van der Waals surface area contributed by atoms with Crippen LogP contribution >= 0.6 is 19.1 Å². The van der Waals surface area contributed by atoms with Crippen molar-refractivity contribution in [2.75, 3.05) is 25.1 Å². The number of hydrogen-bond donors (Lipinski definition) is 1. The predicted molar refractivity (Wildman–Crippen MR) is 57.4 cm³/mol. The van der Waals surface area contributed by atoms with Crippen molar-refractivity contribution in [3.63, 3.8) is 0 Å². The summed E-state index contributed by atoms with van der Waals surface area (Å²) in [4.78, 5) is 9.54. The van der Waals surface area contributed by atoms with E-state index in [2.05, 4.69) is 13.2 Å². The molecule has 0 fully saturated rings. The van der Waals surface area contributed by atoms with E-state index in [1.165, 1.54) is 4.67 Å². The van der Waals surface area contributed by atoms with Gasteiger partial charge in [0.05, 0.1) is 6.16 Å². The fraction of sp³-hybridized carbons (Fsp3) is 0.500. The SMILES string of the molecule is C=CCN(CC=C)P(=O)(O)CCCl. The van der Waals surface area contributed by atoms with E-state index >= 15 is 0 Å². The van der Waals surface area contributed by atoms with E-state index in [9.17, 15) is 9.46 Å². The Morgan fingerprint density at radius 1 is 1.38 bits per heavy atom. The second kappa shape index (κ2) is 6.39. The van der Waals surface area contributed by atoms with Crippen LogP contribution in [-0.2, 0) is 4.57 Å². The van der Waals surface area contributed by atoms with Gasteiger partial charge in [-0.3, -0.25) is 4.57 Å². The second-order valence-electron chi connectivity index (χ2n) is 2.53. The topological polar surface area (TPSA) is 40.5 Å². The van der Waals surface area contributed by atoms with Crippen LogP contribution in [0.1, 0.15) is 0 Å². The van der Waals surface area contributed by atoms with Crippen molar-refractivity contribution in [2.45, 2.75) is 0 Å². The zero-order valence-corrected chi connectivity index (χ0v) is 9.18. The average Bonchev–Trinajstić information content (AvgIpc) is 2.04. The summed E-state index contributed by atoms with van der Waals surface area (Å²) < 4.78 is 13.0. The van der Waals surface area contributed by atoms with Crippen LogP contribution in [0.4, 0.5) is 0 Å². The number of rotatable bonds is 7. The molecule has 1 atom stereocenters. The van der Waals surface area contributed by atoms with E-state index in [1.807, 2.05) is 0 Å². The summed E-state index contributed by atoms with van der Waals surface area (Å²) in [5.41, 5.74) is 0. The summed E-state index contributed by atoms with van der Waals surface area (Å²) in [7, 11) is -3.28. The molecule has 76 valence electrons. The van der Waals surface area contributed by atoms with E-state index in [1.54, 1.807) is 12.2 Å². The van der Waals surface area contributed by atoms with Gasteiger partial charge in [0, 0.05) is 19.0 Å². The molecule has 0 heterocycles. The summed E-state index contributed by atoms with van der Waals surface area (Å²) in [5.74, 6) is 0.179. The minimum atomic E-state index is -3.28. The highest BCUT2D eigenvalue weighted by molar-refractivity contribution is 7.55. The number of hydrogen-bond acceptors (Lipinski definition) is 1. The van der Waals surface area contributed by atoms with Gasteiger partial charge in [-0.05, 0) is 0 Å². The molecule has 0 bridgehead atoms. The molecule has 0 aromatic rings. The van der Waals surface area contributed by atoms with Crippen molar-refractivity contribution >= 4 is 19.1 Å². The first kappa shape index (κ1) is 12.9. The van der Waals surface area contributed by atoms with Crippen LogP contribution in [0, 0.1) is 0 Å². The summed E-state index contributed by atoms with van der Waals surface area (Å²) >= 11 is 5.42. The lowest BCUT2D eigenvalue weighted by Gasteiger charge is -2.24. The monoisotopic (exact) mass is 223 g/mol. The van der Waals surface area contributed by atoms with Crippen LogP contribution in [0.5, 0.6) is 0 Å². The maximum Gasteiger partial charge on any atom is 0.271 e. The third-order valence-corrected chi connectivity index (χ3v) is 3.97. The normalized spacial score (nSPS) is 15.3. The van der Waals surface area contributed by atoms with Gasteiger partial charge in [-0.2, -0.15) is 0 Å². The van der Waals surface area contributed by atoms with Crippen molar-refractivity contribution in [2.24, 2.45) is 0 Å². The Morgan fingerprint density at radius 2 is 1.85 bits per heavy atom. The molecule has 1 N–H and O–H groups in total. The van der Waals surface area contributed by atoms with Crippen molar-refractivity contribution in [3.8, 4) is 0 Å². The lowest BCUT2D eigenvalue weighted by atomic mass is 10.5. The molecule has 0 aromatic heterocycles. The van der Waals surface area contributed by atoms with Gasteiger partial charge in [0.1, 0.15) is 0 Å². The van der Waals surface area contributed by atoms with Gasteiger partial charge in [-0.15, -0.1) is 24.8 Å². The maximum atomic E-state index is 11.6. The third kappa shape index (κ3) is 4.63. The van der Waals surface area contributed by atoms with Crippen molar-refractivity contribution in [1.82, 2.24) is 4.67 Å². The highest BCUT2D eigenvalue weighted by atomic mass is 35.5. The Morgan fingerprint density at radius 3 is 2.15 bits per heavy atom. The van der Waals surface area contributed by atoms with E-state index in [0.717, 1.165) is 0 Å². The molecule has 5 heteroatoms. The van der Waals surface area contributed by atoms with Crippen LogP contribution in [0.3, 0.4) is 0 Å². The van der Waals surface area contributed by atoms with Gasteiger partial charge >= 0.3 is 0 Å². The number of alkyl halides is 1. The molecule has 0 rings (SSSR count). The Hall–Kier alpha value is -0.0800. The van der Waals surface area contributed by atoms with Gasteiger partial charge in [-0.25, -0.2) is 4.67 Å². The van der Waals surface area contributed by atoms with Crippen LogP contribution in [-0.4, -0.2) is 34.7 Å². The van der Waals surface area contributed by atoms with Gasteiger partial charge in [0.25, 0.3) is 7.52 Å². The smallest absolute Gasteiger partial charge is 0.271 e. The van der Waals surface area contributed by atoms with Crippen LogP contribution in [0.15, 0.2) is 25.3 Å². The summed E-state index contributed by atoms with van der Waals surface area (Å²) in [6.07, 6.45) is 3.26. The number of halogens is 1. The zero-order chi connectivity index (χ0) is 10.3. The van der Waals surface area contributed by atoms with E-state index in [0.29, 0.717) is 13.1 Å². The largest absolute Gasteiger partial charge is 0.333 e. The van der Waals surface area contributed by atoms with Gasteiger partial charge in [0.15, 0.2) is 0 Å². The second-order valence-corrected chi connectivity index (χ2v) is 5.25. The van der Waals surface area contributed by atoms with Crippen LogP contribution in [0.2, 0.25) is 0 Å². The first-order chi connectivity index (χ1) is 6.08. The molecular weight excluding hydrogens is 209 g/mol. The third-order valence-electron chi connectivity index (χ3n) is 1.50. The Kier molecular flexibility index (Phi) is 6.35. The highest BCUT2D eigenvalue weighted by Crippen LogP contribution is 2.44. The zero-order valence-electron chi connectivity index (χ0n) is 7.53. The molecule has 0 saturated heterocycles. The van der Waals surface area contributed by atoms with E-state index in [4.69, 9.17) is 11.6 Å². The first-order valence-corrected chi connectivity index (χ1v) is 6.26. The Balaban J connectivity index is 4.39. The lowest BCUT2D eigenvalue weighted by molar-refractivity contribution is 0.383. The molecule has 0 aliphatic carbocycles. The van der Waals surface area contributed by atoms with Gasteiger partial charge < -0.3 is 4.89 Å². The van der Waals surface area contributed by atoms with Crippen molar-refractivity contribution in [3.05, 3.63) is 25.3 Å². The molecule has 0 radical (unpaired) electrons. The Labute approximate surface area is 84.2 Å². The molecule has 1 unspecified atom stereocenters. The summed E-state index contributed by atoms with van der Waals surface area (Å²) in [5, 5.41) is 0. The molecule has 0 aliphatic rings. The molecular formula is C8H15ClNO2P. The molecule has 3 nitrogen and oxygen atoms in total. The fourth-order valence-corrected chi connectivity index (χ4v) is 2.78. The van der Waals surface area contributed by atoms with E-state index < -0.39 is 7.52 Å². The molecule has 0 spiro atoms. The fourth-order valence-electron chi connectivity index (χ4n) is 0.879. The van der Waals surface area contributed by atoms with Crippen molar-refractivity contribution < 1.29 is 9.46 Å². The average molecular weight is 224 g/mol. The molecule has 0 aromatic carbocycles. The molecule has 0 aliphatic heterocycles. The summed E-state index contributed by atoms with van der Waals surface area (Å²) in [6.45, 7) is 7.77. The minimum absolute atomic E-state index is 0.0935. The van der Waals surface area contributed by atoms with Crippen LogP contribution in [0.25, 0.3) is 0 Å². The quantitative estimate of drug-likeness (QED) is 0.408. The maximum absolute atomic E-state index is 11.6. The summed E-state index contributed by atoms with van der Waals surface area (Å²) in [6, 6.07) is 0. The molecule has 0 amide bonds. The van der Waals surface area contributed by atoms with Crippen LogP contribution < -0.4 is 0 Å². The predicted octanol–water partition coefficient (Wildman–Crippen LogP) is 2.08. The number of nitrogens with zero attached hydrogens (tertiary/aromatic N) is 1. The van der Waals surface area contributed by atoms with E-state index in [-0.39, 0.29) is 12.0 Å². The molecule has 13 heavy (non-hydrogen) atoms.